The van der Waals surface area contributed by atoms with Crippen LogP contribution in [0.1, 0.15) is 12.8 Å². The van der Waals surface area contributed by atoms with Gasteiger partial charge in [-0.05, 0) is 39.2 Å². The Morgan fingerprint density at radius 2 is 2.40 bits per heavy atom. The number of nitrogens with one attached hydrogen (secondary N) is 1. The molecule has 0 spiro atoms. The molecule has 0 aliphatic carbocycles. The highest BCUT2D eigenvalue weighted by Gasteiger charge is 2.26. The Kier molecular flexibility index (Phi) is 5.05. The molecular formula is C11H21N3S. The van der Waals surface area contributed by atoms with E-state index in [1.165, 1.54) is 12.8 Å². The second-order valence-corrected chi connectivity index (χ2v) is 4.61. The zero-order valence-corrected chi connectivity index (χ0v) is 10.5. The smallest absolute Gasteiger partial charge is 0.169 e. The molecule has 0 aromatic heterocycles. The summed E-state index contributed by atoms with van der Waals surface area (Å²) in [6.45, 7) is 6.60. The number of thiocarbonyl (C=S) groups is 1. The Bertz CT molecular complexity index is 228. The van der Waals surface area contributed by atoms with E-state index < -0.39 is 0 Å². The van der Waals surface area contributed by atoms with Gasteiger partial charge in [0.15, 0.2) is 5.11 Å². The van der Waals surface area contributed by atoms with Crippen LogP contribution in [0, 0.1) is 0 Å². The second-order valence-electron chi connectivity index (χ2n) is 4.23. The van der Waals surface area contributed by atoms with E-state index in [0.717, 1.165) is 24.7 Å². The number of nitrogens with zero attached hydrogens (tertiary/aromatic N) is 2. The van der Waals surface area contributed by atoms with Gasteiger partial charge in [-0.1, -0.05) is 6.08 Å². The van der Waals surface area contributed by atoms with E-state index in [2.05, 4.69) is 35.8 Å². The summed E-state index contributed by atoms with van der Waals surface area (Å²) in [7, 11) is 4.22. The maximum absolute atomic E-state index is 5.36. The van der Waals surface area contributed by atoms with Crippen molar-refractivity contribution in [3.8, 4) is 0 Å². The highest BCUT2D eigenvalue weighted by Crippen LogP contribution is 2.17. The summed E-state index contributed by atoms with van der Waals surface area (Å²) in [5.41, 5.74) is 0. The highest BCUT2D eigenvalue weighted by molar-refractivity contribution is 7.80. The average molecular weight is 227 g/mol. The Labute approximate surface area is 98.1 Å². The van der Waals surface area contributed by atoms with E-state index >= 15 is 0 Å². The first-order valence-electron chi connectivity index (χ1n) is 5.45. The van der Waals surface area contributed by atoms with Gasteiger partial charge in [-0.2, -0.15) is 0 Å². The first-order chi connectivity index (χ1) is 7.15. The van der Waals surface area contributed by atoms with Crippen LogP contribution in [0.15, 0.2) is 12.7 Å². The van der Waals surface area contributed by atoms with Crippen LogP contribution in [0.3, 0.4) is 0 Å². The van der Waals surface area contributed by atoms with Crippen molar-refractivity contribution < 1.29 is 0 Å². The van der Waals surface area contributed by atoms with Crippen LogP contribution in [0.25, 0.3) is 0 Å². The zero-order valence-electron chi connectivity index (χ0n) is 9.70. The third-order valence-electron chi connectivity index (χ3n) is 2.61. The summed E-state index contributed by atoms with van der Waals surface area (Å²) in [5, 5.41) is 4.07. The van der Waals surface area contributed by atoms with Crippen molar-refractivity contribution in [2.75, 3.05) is 33.7 Å². The van der Waals surface area contributed by atoms with Crippen LogP contribution in [-0.4, -0.2) is 54.7 Å². The molecule has 1 fully saturated rings. The molecule has 0 aromatic carbocycles. The summed E-state index contributed by atoms with van der Waals surface area (Å²) < 4.78 is 0. The lowest BCUT2D eigenvalue weighted by atomic mass is 10.2. The van der Waals surface area contributed by atoms with Crippen molar-refractivity contribution in [1.82, 2.24) is 15.1 Å². The summed E-state index contributed by atoms with van der Waals surface area (Å²) >= 11 is 5.36. The average Bonchev–Trinajstić information content (AvgIpc) is 2.61. The van der Waals surface area contributed by atoms with Crippen LogP contribution < -0.4 is 5.32 Å². The van der Waals surface area contributed by atoms with Gasteiger partial charge in [0.25, 0.3) is 0 Å². The van der Waals surface area contributed by atoms with Gasteiger partial charge in [-0.3, -0.25) is 0 Å². The molecule has 86 valence electrons. The molecule has 1 aliphatic rings. The van der Waals surface area contributed by atoms with Gasteiger partial charge in [0.1, 0.15) is 0 Å². The third-order valence-corrected chi connectivity index (χ3v) is 2.99. The summed E-state index contributed by atoms with van der Waals surface area (Å²) in [5.74, 6) is 0. The molecule has 1 atom stereocenters. The van der Waals surface area contributed by atoms with E-state index in [-0.39, 0.29) is 0 Å². The molecule has 0 aromatic rings. The monoisotopic (exact) mass is 227 g/mol. The fraction of sp³-hybridized carbons (Fsp3) is 0.727. The zero-order chi connectivity index (χ0) is 11.3. The molecule has 15 heavy (non-hydrogen) atoms. The summed E-state index contributed by atoms with van der Waals surface area (Å²) in [6, 6.07) is 0.574. The molecule has 0 saturated carbocycles. The summed E-state index contributed by atoms with van der Waals surface area (Å²) in [4.78, 5) is 4.53. The van der Waals surface area contributed by atoms with Gasteiger partial charge in [0, 0.05) is 25.7 Å². The van der Waals surface area contributed by atoms with Crippen molar-refractivity contribution in [2.45, 2.75) is 18.9 Å². The van der Waals surface area contributed by atoms with Gasteiger partial charge in [0.05, 0.1) is 0 Å². The van der Waals surface area contributed by atoms with E-state index in [1.807, 2.05) is 6.08 Å². The predicted octanol–water partition coefficient (Wildman–Crippen LogP) is 1.07. The molecule has 1 heterocycles. The minimum atomic E-state index is 0.574. The Balaban J connectivity index is 2.44. The number of hydrogen-bond acceptors (Lipinski definition) is 2. The number of rotatable bonds is 4. The maximum Gasteiger partial charge on any atom is 0.169 e. The van der Waals surface area contributed by atoms with Crippen molar-refractivity contribution in [1.29, 1.82) is 0 Å². The standard InChI is InChI=1S/C11H21N3S/c1-4-7-12-11(15)14-8-5-6-10(14)9-13(2)3/h4,10H,1,5-9H2,2-3H3,(H,12,15). The number of hydrogen-bond donors (Lipinski definition) is 1. The lowest BCUT2D eigenvalue weighted by molar-refractivity contribution is 0.284. The van der Waals surface area contributed by atoms with Crippen LogP contribution in [0.4, 0.5) is 0 Å². The molecule has 0 radical (unpaired) electrons. The molecule has 1 aliphatic heterocycles. The maximum atomic E-state index is 5.36. The van der Waals surface area contributed by atoms with E-state index in [0.29, 0.717) is 6.04 Å². The van der Waals surface area contributed by atoms with E-state index in [9.17, 15) is 0 Å². The SMILES string of the molecule is C=CCNC(=S)N1CCCC1CN(C)C. The molecule has 3 nitrogen and oxygen atoms in total. The quantitative estimate of drug-likeness (QED) is 0.572. The van der Waals surface area contributed by atoms with Gasteiger partial charge in [-0.25, -0.2) is 0 Å². The van der Waals surface area contributed by atoms with Gasteiger partial charge >= 0.3 is 0 Å². The Hall–Kier alpha value is -0.610. The fourth-order valence-corrected chi connectivity index (χ4v) is 2.30. The van der Waals surface area contributed by atoms with Crippen molar-refractivity contribution in [3.63, 3.8) is 0 Å². The molecule has 1 N–H and O–H groups in total. The van der Waals surface area contributed by atoms with E-state index in [1.54, 1.807) is 0 Å². The fourth-order valence-electron chi connectivity index (χ4n) is 1.98. The van der Waals surface area contributed by atoms with Crippen LogP contribution in [0.2, 0.25) is 0 Å². The molecule has 1 saturated heterocycles. The normalized spacial score (nSPS) is 20.7. The Morgan fingerprint density at radius 1 is 1.67 bits per heavy atom. The third kappa shape index (κ3) is 3.80. The summed E-state index contributed by atoms with van der Waals surface area (Å²) in [6.07, 6.45) is 4.33. The van der Waals surface area contributed by atoms with Crippen molar-refractivity contribution in [3.05, 3.63) is 12.7 Å². The second kappa shape index (κ2) is 6.08. The van der Waals surface area contributed by atoms with Gasteiger partial charge in [-0.15, -0.1) is 6.58 Å². The first-order valence-corrected chi connectivity index (χ1v) is 5.86. The van der Waals surface area contributed by atoms with E-state index in [4.69, 9.17) is 12.2 Å². The molecule has 0 bridgehead atoms. The van der Waals surface area contributed by atoms with Gasteiger partial charge in [0.2, 0.25) is 0 Å². The molecule has 0 amide bonds. The van der Waals surface area contributed by atoms with Crippen molar-refractivity contribution in [2.24, 2.45) is 0 Å². The lowest BCUT2D eigenvalue weighted by Gasteiger charge is -2.29. The van der Waals surface area contributed by atoms with Gasteiger partial charge < -0.3 is 15.1 Å². The molecule has 1 unspecified atom stereocenters. The minimum absolute atomic E-state index is 0.574. The van der Waals surface area contributed by atoms with Crippen LogP contribution in [0.5, 0.6) is 0 Å². The topological polar surface area (TPSA) is 18.5 Å². The highest BCUT2D eigenvalue weighted by atomic mass is 32.1. The molecule has 4 heteroatoms. The first kappa shape index (κ1) is 12.5. The lowest BCUT2D eigenvalue weighted by Crippen LogP contribution is -2.46. The van der Waals surface area contributed by atoms with Crippen LogP contribution >= 0.6 is 12.2 Å². The molecule has 1 rings (SSSR count). The molecular weight excluding hydrogens is 206 g/mol. The number of likely N-dealkylation sites (tertiary alicyclic amines) is 1. The largest absolute Gasteiger partial charge is 0.359 e. The predicted molar refractivity (Wildman–Crippen MR) is 69.1 cm³/mol. The number of likely N-dealkylation sites (N-methyl/N-ethyl adjacent to an activating group) is 1. The van der Waals surface area contributed by atoms with Crippen molar-refractivity contribution >= 4 is 17.3 Å². The minimum Gasteiger partial charge on any atom is -0.359 e. The van der Waals surface area contributed by atoms with Crippen LogP contribution in [-0.2, 0) is 0 Å². The Morgan fingerprint density at radius 3 is 3.00 bits per heavy atom.